The number of aromatic nitrogens is 2. The van der Waals surface area contributed by atoms with E-state index in [0.717, 1.165) is 49.6 Å². The Morgan fingerprint density at radius 2 is 1.88 bits per heavy atom. The zero-order valence-corrected chi connectivity index (χ0v) is 19.6. The van der Waals surface area contributed by atoms with Crippen LogP contribution >= 0.6 is 0 Å². The highest BCUT2D eigenvalue weighted by Crippen LogP contribution is 2.36. The zero-order valence-electron chi connectivity index (χ0n) is 19.6. The second kappa shape index (κ2) is 9.67. The first-order valence-corrected chi connectivity index (χ1v) is 12.4. The van der Waals surface area contributed by atoms with E-state index in [1.807, 2.05) is 38.8 Å². The normalized spacial score (nSPS) is 24.2. The number of fused-ring (bicyclic) bond motifs is 3. The predicted octanol–water partition coefficient (Wildman–Crippen LogP) is 3.30. The largest absolute Gasteiger partial charge is 0.335 e. The number of piperidine rings is 1. The molecule has 0 radical (unpaired) electrons. The number of hydrogen-bond acceptors (Lipinski definition) is 4. The zero-order chi connectivity index (χ0) is 22.8. The molecule has 33 heavy (non-hydrogen) atoms. The van der Waals surface area contributed by atoms with Gasteiger partial charge in [0.1, 0.15) is 6.54 Å². The summed E-state index contributed by atoms with van der Waals surface area (Å²) in [7, 11) is 0. The lowest BCUT2D eigenvalue weighted by atomic mass is 9.92. The van der Waals surface area contributed by atoms with Crippen molar-refractivity contribution in [2.45, 2.75) is 70.6 Å². The number of carbonyl (C=O) groups is 2. The first-order valence-electron chi connectivity index (χ1n) is 12.4. The average Bonchev–Trinajstić information content (AvgIpc) is 3.48. The highest BCUT2D eigenvalue weighted by molar-refractivity contribution is 5.92. The molecule has 1 saturated carbocycles. The van der Waals surface area contributed by atoms with Gasteiger partial charge in [-0.05, 0) is 49.7 Å². The minimum absolute atomic E-state index is 0.0686. The van der Waals surface area contributed by atoms with Crippen molar-refractivity contribution in [1.82, 2.24) is 19.4 Å². The minimum Gasteiger partial charge on any atom is -0.335 e. The summed E-state index contributed by atoms with van der Waals surface area (Å²) >= 11 is 0. The summed E-state index contributed by atoms with van der Waals surface area (Å²) in [6, 6.07) is 8.95. The number of rotatable bonds is 4. The number of nitrogens with zero attached hydrogens (tertiary/aromatic N) is 5. The second-order valence-electron chi connectivity index (χ2n) is 9.98. The number of anilines is 1. The van der Waals surface area contributed by atoms with Crippen molar-refractivity contribution in [2.75, 3.05) is 24.5 Å². The molecule has 2 aliphatic heterocycles. The van der Waals surface area contributed by atoms with Crippen LogP contribution in [0.1, 0.15) is 51.0 Å². The molecule has 2 unspecified atom stereocenters. The fourth-order valence-corrected chi connectivity index (χ4v) is 5.61. The number of para-hydroxylation sites is 1. The summed E-state index contributed by atoms with van der Waals surface area (Å²) in [6.07, 6.45) is 12.4. The molecule has 2 bridgehead atoms. The first-order chi connectivity index (χ1) is 16.1. The molecule has 1 aliphatic carbocycles. The molecule has 1 saturated heterocycles. The van der Waals surface area contributed by atoms with Gasteiger partial charge in [0.25, 0.3) is 0 Å². The number of carbonyl (C=O) groups excluding carboxylic acids is 2. The number of imidazole rings is 1. The first kappa shape index (κ1) is 22.1. The smallest absolute Gasteiger partial charge is 0.242 e. The third-order valence-corrected chi connectivity index (χ3v) is 7.55. The molecule has 5 rings (SSSR count). The van der Waals surface area contributed by atoms with E-state index in [1.165, 1.54) is 25.7 Å². The van der Waals surface area contributed by atoms with Gasteiger partial charge in [0, 0.05) is 63.3 Å². The maximum Gasteiger partial charge on any atom is 0.242 e. The van der Waals surface area contributed by atoms with Crippen LogP contribution < -0.4 is 4.90 Å². The van der Waals surface area contributed by atoms with Crippen LogP contribution in [0, 0.1) is 5.92 Å². The van der Waals surface area contributed by atoms with E-state index in [2.05, 4.69) is 16.0 Å². The van der Waals surface area contributed by atoms with E-state index >= 15 is 0 Å². The van der Waals surface area contributed by atoms with E-state index < -0.39 is 0 Å². The van der Waals surface area contributed by atoms with Crippen molar-refractivity contribution in [1.29, 1.82) is 0 Å². The Kier molecular flexibility index (Phi) is 6.49. The summed E-state index contributed by atoms with van der Waals surface area (Å²) in [6.45, 7) is 5.07. The molecule has 2 amide bonds. The molecule has 0 spiro atoms. The molecule has 1 aromatic heterocycles. The highest BCUT2D eigenvalue weighted by atomic mass is 16.2. The molecule has 7 heteroatoms. The predicted molar refractivity (Wildman–Crippen MR) is 128 cm³/mol. The average molecular weight is 450 g/mol. The Labute approximate surface area is 196 Å². The summed E-state index contributed by atoms with van der Waals surface area (Å²) in [4.78, 5) is 37.0. The van der Waals surface area contributed by atoms with Gasteiger partial charge < -0.3 is 14.4 Å². The Morgan fingerprint density at radius 1 is 1.06 bits per heavy atom. The quantitative estimate of drug-likeness (QED) is 0.719. The second-order valence-corrected chi connectivity index (χ2v) is 9.98. The number of benzene rings is 1. The van der Waals surface area contributed by atoms with Gasteiger partial charge in [0.2, 0.25) is 11.8 Å². The Hall–Kier alpha value is -2.67. The molecule has 2 aromatic rings. The molecular weight excluding hydrogens is 414 g/mol. The monoisotopic (exact) mass is 449 g/mol. The van der Waals surface area contributed by atoms with Gasteiger partial charge in [0.05, 0.1) is 6.33 Å². The van der Waals surface area contributed by atoms with E-state index in [0.29, 0.717) is 18.6 Å². The van der Waals surface area contributed by atoms with Crippen molar-refractivity contribution in [2.24, 2.45) is 5.92 Å². The lowest BCUT2D eigenvalue weighted by molar-refractivity contribution is -0.134. The lowest BCUT2D eigenvalue weighted by Gasteiger charge is -2.44. The van der Waals surface area contributed by atoms with E-state index in [-0.39, 0.29) is 18.4 Å². The van der Waals surface area contributed by atoms with Gasteiger partial charge in [0.15, 0.2) is 0 Å². The molecule has 3 aliphatic rings. The van der Waals surface area contributed by atoms with Gasteiger partial charge in [-0.3, -0.25) is 14.5 Å². The fraction of sp³-hybridized carbons (Fsp3) is 0.577. The Balaban J connectivity index is 1.50. The topological polar surface area (TPSA) is 61.7 Å². The van der Waals surface area contributed by atoms with Gasteiger partial charge >= 0.3 is 0 Å². The van der Waals surface area contributed by atoms with Crippen LogP contribution in [0.2, 0.25) is 0 Å². The maximum absolute atomic E-state index is 13.5. The summed E-state index contributed by atoms with van der Waals surface area (Å²) in [5.41, 5.74) is 1.98. The van der Waals surface area contributed by atoms with E-state index in [4.69, 9.17) is 0 Å². The van der Waals surface area contributed by atoms with Crippen LogP contribution in [0.3, 0.4) is 0 Å². The summed E-state index contributed by atoms with van der Waals surface area (Å²) in [5.74, 6) is 0.971. The van der Waals surface area contributed by atoms with Gasteiger partial charge in [-0.15, -0.1) is 0 Å². The van der Waals surface area contributed by atoms with Crippen LogP contribution in [0.25, 0.3) is 0 Å². The summed E-state index contributed by atoms with van der Waals surface area (Å²) < 4.78 is 1.84. The molecular formula is C26H35N5O2. The number of hydrogen-bond donors (Lipinski definition) is 0. The van der Waals surface area contributed by atoms with Crippen molar-refractivity contribution >= 4 is 17.5 Å². The summed E-state index contributed by atoms with van der Waals surface area (Å²) in [5, 5.41) is 0. The van der Waals surface area contributed by atoms with Crippen LogP contribution in [-0.4, -0.2) is 62.9 Å². The van der Waals surface area contributed by atoms with Crippen LogP contribution in [0.15, 0.2) is 43.0 Å². The standard InChI is InChI=1S/C26H35N5O2/c1-20(32)30-13-11-23-6-4-7-24(31(23)15-21-9-10-21)17-29(16-22-5-2-3-8-25(22)30)26(33)18-28-14-12-27-19-28/h2-3,5,8,12,14,19,21,23-24H,4,6-7,9-11,13,15-18H2,1H3. The maximum atomic E-state index is 13.5. The van der Waals surface area contributed by atoms with E-state index in [9.17, 15) is 9.59 Å². The van der Waals surface area contributed by atoms with Crippen molar-refractivity contribution < 1.29 is 9.59 Å². The van der Waals surface area contributed by atoms with Gasteiger partial charge in [-0.2, -0.15) is 0 Å². The van der Waals surface area contributed by atoms with Gasteiger partial charge in [-0.25, -0.2) is 4.98 Å². The number of amides is 2. The third-order valence-electron chi connectivity index (χ3n) is 7.55. The Bertz CT molecular complexity index is 971. The molecule has 3 heterocycles. The molecule has 2 atom stereocenters. The SMILES string of the molecule is CC(=O)N1CCC2CCCC(CN(C(=O)Cn3ccnc3)Cc3ccccc31)N2CC1CC1. The minimum atomic E-state index is 0.0686. The molecule has 7 nitrogen and oxygen atoms in total. The van der Waals surface area contributed by atoms with Crippen molar-refractivity contribution in [3.05, 3.63) is 48.5 Å². The lowest BCUT2D eigenvalue weighted by Crippen LogP contribution is -2.53. The van der Waals surface area contributed by atoms with Crippen LogP contribution in [-0.2, 0) is 22.7 Å². The Morgan fingerprint density at radius 3 is 2.64 bits per heavy atom. The fourth-order valence-electron chi connectivity index (χ4n) is 5.61. The van der Waals surface area contributed by atoms with Crippen molar-refractivity contribution in [3.8, 4) is 0 Å². The van der Waals surface area contributed by atoms with E-state index in [1.54, 1.807) is 19.4 Å². The van der Waals surface area contributed by atoms with Crippen LogP contribution in [0.5, 0.6) is 0 Å². The van der Waals surface area contributed by atoms with Crippen LogP contribution in [0.4, 0.5) is 5.69 Å². The molecule has 1 aromatic carbocycles. The highest BCUT2D eigenvalue weighted by Gasteiger charge is 2.37. The molecule has 176 valence electrons. The van der Waals surface area contributed by atoms with Gasteiger partial charge in [-0.1, -0.05) is 24.6 Å². The third kappa shape index (κ3) is 5.13. The molecule has 2 fully saturated rings. The van der Waals surface area contributed by atoms with Crippen molar-refractivity contribution in [3.63, 3.8) is 0 Å². The molecule has 0 N–H and O–H groups in total.